The Hall–Kier alpha value is -1.27. The van der Waals surface area contributed by atoms with Crippen LogP contribution in [0.4, 0.5) is 11.4 Å². The summed E-state index contributed by atoms with van der Waals surface area (Å²) < 4.78 is 6.31. The number of amides is 1. The first-order valence-electron chi connectivity index (χ1n) is 5.74. The number of rotatable bonds is 2. The molecule has 1 aliphatic heterocycles. The molecule has 0 spiro atoms. The third-order valence-corrected chi connectivity index (χ3v) is 3.47. The summed E-state index contributed by atoms with van der Waals surface area (Å²) in [7, 11) is 1.62. The van der Waals surface area contributed by atoms with Gasteiger partial charge in [0, 0.05) is 18.1 Å². The number of benzene rings is 1. The minimum absolute atomic E-state index is 0.0610. The van der Waals surface area contributed by atoms with Gasteiger partial charge >= 0.3 is 0 Å². The topological polar surface area (TPSA) is 67.6 Å². The summed E-state index contributed by atoms with van der Waals surface area (Å²) in [5.41, 5.74) is 7.51. The molecule has 98 valence electrons. The van der Waals surface area contributed by atoms with Crippen LogP contribution in [0.5, 0.6) is 0 Å². The highest BCUT2D eigenvalue weighted by Crippen LogP contribution is 2.29. The molecule has 0 aliphatic carbocycles. The van der Waals surface area contributed by atoms with Gasteiger partial charge in [0.05, 0.1) is 24.6 Å². The van der Waals surface area contributed by atoms with Crippen molar-refractivity contribution in [2.24, 2.45) is 0 Å². The number of hydrogen-bond donors (Lipinski definition) is 2. The first-order chi connectivity index (χ1) is 8.63. The molecule has 0 saturated carbocycles. The molecule has 3 N–H and O–H groups in total. The lowest BCUT2D eigenvalue weighted by Gasteiger charge is -2.36. The van der Waals surface area contributed by atoms with Crippen molar-refractivity contribution >= 4 is 33.2 Å². The summed E-state index contributed by atoms with van der Waals surface area (Å²) in [6.45, 7) is 1.63. The molecular formula is C12H16BrN3O2. The third-order valence-electron chi connectivity index (χ3n) is 2.98. The molecule has 6 heteroatoms. The van der Waals surface area contributed by atoms with Crippen molar-refractivity contribution in [2.45, 2.75) is 6.04 Å². The molecule has 1 atom stereocenters. The second kappa shape index (κ2) is 5.58. The van der Waals surface area contributed by atoms with E-state index in [1.54, 1.807) is 7.05 Å². The lowest BCUT2D eigenvalue weighted by Crippen LogP contribution is -2.53. The van der Waals surface area contributed by atoms with Gasteiger partial charge in [-0.25, -0.2) is 0 Å². The second-order valence-electron chi connectivity index (χ2n) is 4.10. The highest BCUT2D eigenvalue weighted by Gasteiger charge is 2.30. The van der Waals surface area contributed by atoms with Crippen molar-refractivity contribution in [2.75, 3.05) is 37.4 Å². The zero-order chi connectivity index (χ0) is 13.1. The van der Waals surface area contributed by atoms with Crippen molar-refractivity contribution in [3.05, 3.63) is 22.7 Å². The van der Waals surface area contributed by atoms with E-state index >= 15 is 0 Å². The van der Waals surface area contributed by atoms with Crippen LogP contribution in [0.1, 0.15) is 0 Å². The zero-order valence-electron chi connectivity index (χ0n) is 10.1. The van der Waals surface area contributed by atoms with Crippen molar-refractivity contribution in [3.8, 4) is 0 Å². The van der Waals surface area contributed by atoms with Gasteiger partial charge in [0.2, 0.25) is 5.91 Å². The molecule has 1 saturated heterocycles. The Morgan fingerprint density at radius 2 is 2.39 bits per heavy atom. The van der Waals surface area contributed by atoms with E-state index in [1.807, 2.05) is 23.1 Å². The van der Waals surface area contributed by atoms with E-state index in [0.717, 1.165) is 10.2 Å². The standard InChI is InChI=1S/C12H16BrN3O2/c1-15-12(17)11-7-18-5-4-16(11)10-6-8(13)2-3-9(10)14/h2-3,6,11H,4-5,7,14H2,1H3,(H,15,17). The van der Waals surface area contributed by atoms with Crippen molar-refractivity contribution in [3.63, 3.8) is 0 Å². The van der Waals surface area contributed by atoms with Gasteiger partial charge in [-0.3, -0.25) is 4.79 Å². The van der Waals surface area contributed by atoms with E-state index in [9.17, 15) is 4.79 Å². The van der Waals surface area contributed by atoms with E-state index in [1.165, 1.54) is 0 Å². The second-order valence-corrected chi connectivity index (χ2v) is 5.02. The highest BCUT2D eigenvalue weighted by atomic mass is 79.9. The third kappa shape index (κ3) is 2.59. The van der Waals surface area contributed by atoms with Gasteiger partial charge in [0.1, 0.15) is 6.04 Å². The molecule has 1 aromatic carbocycles. The van der Waals surface area contributed by atoms with E-state index in [2.05, 4.69) is 21.2 Å². The molecule has 0 radical (unpaired) electrons. The number of nitrogen functional groups attached to an aromatic ring is 1. The van der Waals surface area contributed by atoms with Gasteiger partial charge < -0.3 is 20.7 Å². The van der Waals surface area contributed by atoms with Crippen molar-refractivity contribution in [1.29, 1.82) is 0 Å². The smallest absolute Gasteiger partial charge is 0.244 e. The Labute approximate surface area is 114 Å². The fourth-order valence-corrected chi connectivity index (χ4v) is 2.39. The minimum atomic E-state index is -0.333. The van der Waals surface area contributed by atoms with Crippen LogP contribution in [0.3, 0.4) is 0 Å². The van der Waals surface area contributed by atoms with Crippen LogP contribution < -0.4 is 16.0 Å². The molecular weight excluding hydrogens is 298 g/mol. The number of ether oxygens (including phenoxy) is 1. The summed E-state index contributed by atoms with van der Waals surface area (Å²) in [6, 6.07) is 5.31. The molecule has 2 rings (SSSR count). The molecule has 1 aliphatic rings. The number of hydrogen-bond acceptors (Lipinski definition) is 4. The van der Waals surface area contributed by atoms with Crippen LogP contribution >= 0.6 is 15.9 Å². The predicted molar refractivity (Wildman–Crippen MR) is 74.6 cm³/mol. The Balaban J connectivity index is 2.33. The van der Waals surface area contributed by atoms with Crippen LogP contribution in [0.25, 0.3) is 0 Å². The van der Waals surface area contributed by atoms with Crippen LogP contribution in [-0.4, -0.2) is 38.8 Å². The molecule has 1 fully saturated rings. The number of nitrogens with one attached hydrogen (secondary N) is 1. The van der Waals surface area contributed by atoms with E-state index in [0.29, 0.717) is 25.4 Å². The van der Waals surface area contributed by atoms with E-state index < -0.39 is 0 Å². The largest absolute Gasteiger partial charge is 0.397 e. The number of carbonyl (C=O) groups excluding carboxylic acids is 1. The minimum Gasteiger partial charge on any atom is -0.397 e. The summed E-state index contributed by atoms with van der Waals surface area (Å²) in [4.78, 5) is 13.9. The summed E-state index contributed by atoms with van der Waals surface area (Å²) in [6.07, 6.45) is 0. The lowest BCUT2D eigenvalue weighted by atomic mass is 10.1. The quantitative estimate of drug-likeness (QED) is 0.799. The van der Waals surface area contributed by atoms with Crippen LogP contribution in [-0.2, 0) is 9.53 Å². The summed E-state index contributed by atoms with van der Waals surface area (Å²) in [5.74, 6) is -0.0610. The Morgan fingerprint density at radius 1 is 1.61 bits per heavy atom. The molecule has 0 aromatic heterocycles. The molecule has 18 heavy (non-hydrogen) atoms. The summed E-state index contributed by atoms with van der Waals surface area (Å²) >= 11 is 3.42. The molecule has 5 nitrogen and oxygen atoms in total. The number of nitrogens with two attached hydrogens (primary N) is 1. The van der Waals surface area contributed by atoms with E-state index in [4.69, 9.17) is 10.5 Å². The number of halogens is 1. The van der Waals surface area contributed by atoms with Gasteiger partial charge in [-0.1, -0.05) is 15.9 Å². The predicted octanol–water partition coefficient (Wildman–Crippen LogP) is 0.983. The van der Waals surface area contributed by atoms with Crippen molar-refractivity contribution in [1.82, 2.24) is 5.32 Å². The average molecular weight is 314 g/mol. The Kier molecular flexibility index (Phi) is 4.08. The van der Waals surface area contributed by atoms with Gasteiger partial charge in [-0.15, -0.1) is 0 Å². The SMILES string of the molecule is CNC(=O)C1COCCN1c1cc(Br)ccc1N. The Bertz CT molecular complexity index is 453. The number of likely N-dealkylation sites (N-methyl/N-ethyl adjacent to an activating group) is 1. The fraction of sp³-hybridized carbons (Fsp3) is 0.417. The number of nitrogens with zero attached hydrogens (tertiary/aromatic N) is 1. The van der Waals surface area contributed by atoms with Gasteiger partial charge in [0.25, 0.3) is 0 Å². The van der Waals surface area contributed by atoms with Gasteiger partial charge in [-0.2, -0.15) is 0 Å². The maximum Gasteiger partial charge on any atom is 0.244 e. The highest BCUT2D eigenvalue weighted by molar-refractivity contribution is 9.10. The number of morpholine rings is 1. The maximum atomic E-state index is 11.9. The summed E-state index contributed by atoms with van der Waals surface area (Å²) in [5, 5.41) is 2.66. The number of anilines is 2. The zero-order valence-corrected chi connectivity index (χ0v) is 11.7. The molecule has 1 heterocycles. The Morgan fingerprint density at radius 3 is 3.11 bits per heavy atom. The van der Waals surface area contributed by atoms with Crippen LogP contribution in [0, 0.1) is 0 Å². The van der Waals surface area contributed by atoms with Crippen LogP contribution in [0.2, 0.25) is 0 Å². The molecule has 1 amide bonds. The monoisotopic (exact) mass is 313 g/mol. The maximum absolute atomic E-state index is 11.9. The number of carbonyl (C=O) groups is 1. The molecule has 1 aromatic rings. The fourth-order valence-electron chi connectivity index (χ4n) is 2.04. The molecule has 0 bridgehead atoms. The lowest BCUT2D eigenvalue weighted by molar-refractivity contribution is -0.124. The van der Waals surface area contributed by atoms with Gasteiger partial charge in [0.15, 0.2) is 0 Å². The van der Waals surface area contributed by atoms with Crippen molar-refractivity contribution < 1.29 is 9.53 Å². The normalized spacial score (nSPS) is 19.7. The van der Waals surface area contributed by atoms with Gasteiger partial charge in [-0.05, 0) is 18.2 Å². The van der Waals surface area contributed by atoms with E-state index in [-0.39, 0.29) is 11.9 Å². The molecule has 1 unspecified atom stereocenters. The average Bonchev–Trinajstić information content (AvgIpc) is 2.40. The van der Waals surface area contributed by atoms with Crippen LogP contribution in [0.15, 0.2) is 22.7 Å². The first-order valence-corrected chi connectivity index (χ1v) is 6.54. The first kappa shape index (κ1) is 13.2.